The third-order valence-electron chi connectivity index (χ3n) is 3.03. The van der Waals surface area contributed by atoms with Crippen molar-refractivity contribution in [3.63, 3.8) is 0 Å². The van der Waals surface area contributed by atoms with Crippen LogP contribution < -0.4 is 5.73 Å². The van der Waals surface area contributed by atoms with Crippen molar-refractivity contribution in [2.75, 3.05) is 0 Å². The van der Waals surface area contributed by atoms with Crippen LogP contribution in [0.5, 0.6) is 0 Å². The minimum atomic E-state index is -0.229. The van der Waals surface area contributed by atoms with Gasteiger partial charge >= 0.3 is 0 Å². The van der Waals surface area contributed by atoms with Gasteiger partial charge in [0, 0.05) is 30.8 Å². The first-order chi connectivity index (χ1) is 9.17. The summed E-state index contributed by atoms with van der Waals surface area (Å²) in [5.41, 5.74) is 7.88. The van der Waals surface area contributed by atoms with E-state index in [2.05, 4.69) is 16.9 Å². The van der Waals surface area contributed by atoms with Crippen molar-refractivity contribution in [1.29, 1.82) is 0 Å². The molecule has 3 nitrogen and oxygen atoms in total. The second-order valence-electron chi connectivity index (χ2n) is 4.64. The largest absolute Gasteiger partial charge is 0.327 e. The predicted molar refractivity (Wildman–Crippen MR) is 73.2 cm³/mol. The average molecular weight is 259 g/mol. The molecule has 0 fully saturated rings. The van der Waals surface area contributed by atoms with Gasteiger partial charge in [-0.3, -0.25) is 0 Å². The van der Waals surface area contributed by atoms with Gasteiger partial charge in [-0.05, 0) is 30.2 Å². The molecule has 1 atom stereocenters. The molecule has 0 amide bonds. The van der Waals surface area contributed by atoms with Gasteiger partial charge in [-0.1, -0.05) is 19.1 Å². The Morgan fingerprint density at radius 3 is 2.63 bits per heavy atom. The lowest BCUT2D eigenvalue weighted by atomic mass is 10.1. The lowest BCUT2D eigenvalue weighted by molar-refractivity contribution is 0.626. The molecule has 0 saturated heterocycles. The van der Waals surface area contributed by atoms with Crippen LogP contribution in [0.1, 0.15) is 30.4 Å². The van der Waals surface area contributed by atoms with E-state index in [1.54, 1.807) is 18.3 Å². The average Bonchev–Trinajstić information content (AvgIpc) is 2.42. The molecule has 2 rings (SSSR count). The van der Waals surface area contributed by atoms with E-state index in [9.17, 15) is 4.39 Å². The van der Waals surface area contributed by atoms with E-state index in [1.165, 1.54) is 12.1 Å². The van der Waals surface area contributed by atoms with Gasteiger partial charge in [0.05, 0.1) is 0 Å². The fourth-order valence-electron chi connectivity index (χ4n) is 1.84. The first kappa shape index (κ1) is 13.6. The van der Waals surface area contributed by atoms with Gasteiger partial charge < -0.3 is 5.73 Å². The molecule has 1 unspecified atom stereocenters. The van der Waals surface area contributed by atoms with Crippen molar-refractivity contribution in [1.82, 2.24) is 9.97 Å². The van der Waals surface area contributed by atoms with Crippen LogP contribution in [0.4, 0.5) is 4.39 Å². The number of aromatic nitrogens is 2. The van der Waals surface area contributed by atoms with Crippen molar-refractivity contribution in [2.45, 2.75) is 32.2 Å². The van der Waals surface area contributed by atoms with Crippen molar-refractivity contribution in [2.24, 2.45) is 5.73 Å². The standard InChI is InChI=1S/C15H18FN3/c1-2-13(17)10-14-7-8-18-15(19-14)9-11-3-5-12(16)6-4-11/h3-8,13H,2,9-10,17H2,1H3. The van der Waals surface area contributed by atoms with E-state index in [1.807, 2.05) is 6.07 Å². The molecule has 0 aliphatic rings. The number of hydrogen-bond acceptors (Lipinski definition) is 3. The first-order valence-corrected chi connectivity index (χ1v) is 6.48. The third-order valence-corrected chi connectivity index (χ3v) is 3.03. The van der Waals surface area contributed by atoms with Crippen LogP contribution in [0.15, 0.2) is 36.5 Å². The molecule has 1 heterocycles. The van der Waals surface area contributed by atoms with Gasteiger partial charge in [0.15, 0.2) is 0 Å². The zero-order valence-electron chi connectivity index (χ0n) is 11.0. The molecule has 100 valence electrons. The number of halogens is 1. The van der Waals surface area contributed by atoms with Gasteiger partial charge in [0.25, 0.3) is 0 Å². The third kappa shape index (κ3) is 4.10. The highest BCUT2D eigenvalue weighted by Crippen LogP contribution is 2.08. The summed E-state index contributed by atoms with van der Waals surface area (Å²) < 4.78 is 12.8. The maximum atomic E-state index is 12.8. The van der Waals surface area contributed by atoms with Crippen LogP contribution in [0.2, 0.25) is 0 Å². The van der Waals surface area contributed by atoms with Crippen molar-refractivity contribution in [3.8, 4) is 0 Å². The smallest absolute Gasteiger partial charge is 0.132 e. The number of hydrogen-bond donors (Lipinski definition) is 1. The summed E-state index contributed by atoms with van der Waals surface area (Å²) in [6, 6.07) is 8.43. The molecule has 1 aromatic carbocycles. The summed E-state index contributed by atoms with van der Waals surface area (Å²) in [4.78, 5) is 8.74. The Hall–Kier alpha value is -1.81. The summed E-state index contributed by atoms with van der Waals surface area (Å²) >= 11 is 0. The van der Waals surface area contributed by atoms with E-state index in [0.717, 1.165) is 29.9 Å². The zero-order valence-corrected chi connectivity index (χ0v) is 11.0. The van der Waals surface area contributed by atoms with E-state index in [-0.39, 0.29) is 11.9 Å². The summed E-state index contributed by atoms with van der Waals surface area (Å²) in [7, 11) is 0. The molecule has 19 heavy (non-hydrogen) atoms. The molecular weight excluding hydrogens is 241 g/mol. The Labute approximate surface area is 112 Å². The minimum Gasteiger partial charge on any atom is -0.327 e. The van der Waals surface area contributed by atoms with Crippen LogP contribution in [0.3, 0.4) is 0 Å². The summed E-state index contributed by atoms with van der Waals surface area (Å²) in [6.45, 7) is 2.06. The van der Waals surface area contributed by atoms with Gasteiger partial charge in [-0.25, -0.2) is 14.4 Å². The topological polar surface area (TPSA) is 51.8 Å². The SMILES string of the molecule is CCC(N)Cc1ccnc(Cc2ccc(F)cc2)n1. The molecule has 0 spiro atoms. The first-order valence-electron chi connectivity index (χ1n) is 6.48. The van der Waals surface area contributed by atoms with E-state index in [4.69, 9.17) is 5.73 Å². The van der Waals surface area contributed by atoms with Crippen LogP contribution in [-0.4, -0.2) is 16.0 Å². The quantitative estimate of drug-likeness (QED) is 0.897. The number of benzene rings is 1. The highest BCUT2D eigenvalue weighted by atomic mass is 19.1. The zero-order chi connectivity index (χ0) is 13.7. The molecular formula is C15H18FN3. The van der Waals surface area contributed by atoms with E-state index < -0.39 is 0 Å². The Bertz CT molecular complexity index is 525. The maximum Gasteiger partial charge on any atom is 0.132 e. The van der Waals surface area contributed by atoms with Gasteiger partial charge in [-0.15, -0.1) is 0 Å². The molecule has 4 heteroatoms. The van der Waals surface area contributed by atoms with Crippen LogP contribution in [-0.2, 0) is 12.8 Å². The van der Waals surface area contributed by atoms with Crippen LogP contribution in [0, 0.1) is 5.82 Å². The Morgan fingerprint density at radius 2 is 1.95 bits per heavy atom. The molecule has 0 aliphatic heterocycles. The number of nitrogens with zero attached hydrogens (tertiary/aromatic N) is 2. The van der Waals surface area contributed by atoms with Gasteiger partial charge in [-0.2, -0.15) is 0 Å². The Balaban J connectivity index is 2.08. The van der Waals surface area contributed by atoms with Crippen molar-refractivity contribution < 1.29 is 4.39 Å². The predicted octanol–water partition coefficient (Wildman–Crippen LogP) is 2.49. The molecule has 0 bridgehead atoms. The lowest BCUT2D eigenvalue weighted by Crippen LogP contribution is -2.22. The summed E-state index contributed by atoms with van der Waals surface area (Å²) in [5.74, 6) is 0.514. The molecule has 2 aromatic rings. The maximum absolute atomic E-state index is 12.8. The number of rotatable bonds is 5. The molecule has 1 aromatic heterocycles. The Morgan fingerprint density at radius 1 is 1.21 bits per heavy atom. The lowest BCUT2D eigenvalue weighted by Gasteiger charge is -2.08. The van der Waals surface area contributed by atoms with Crippen LogP contribution in [0.25, 0.3) is 0 Å². The normalized spacial score (nSPS) is 12.4. The molecule has 2 N–H and O–H groups in total. The highest BCUT2D eigenvalue weighted by Gasteiger charge is 2.05. The Kier molecular flexibility index (Phi) is 4.58. The fraction of sp³-hybridized carbons (Fsp3) is 0.333. The van der Waals surface area contributed by atoms with Crippen molar-refractivity contribution in [3.05, 3.63) is 59.4 Å². The molecule has 0 saturated carbocycles. The fourth-order valence-corrected chi connectivity index (χ4v) is 1.84. The summed E-state index contributed by atoms with van der Waals surface area (Å²) in [5, 5.41) is 0. The minimum absolute atomic E-state index is 0.133. The molecule has 0 radical (unpaired) electrons. The van der Waals surface area contributed by atoms with E-state index >= 15 is 0 Å². The van der Waals surface area contributed by atoms with Crippen LogP contribution >= 0.6 is 0 Å². The monoisotopic (exact) mass is 259 g/mol. The second kappa shape index (κ2) is 6.38. The summed E-state index contributed by atoms with van der Waals surface area (Å²) in [6.07, 6.45) is 4.05. The van der Waals surface area contributed by atoms with Gasteiger partial charge in [0.2, 0.25) is 0 Å². The number of nitrogens with two attached hydrogens (primary N) is 1. The van der Waals surface area contributed by atoms with Gasteiger partial charge in [0.1, 0.15) is 11.6 Å². The van der Waals surface area contributed by atoms with Crippen molar-refractivity contribution >= 4 is 0 Å². The highest BCUT2D eigenvalue weighted by molar-refractivity contribution is 5.20. The second-order valence-corrected chi connectivity index (χ2v) is 4.64. The molecule has 0 aliphatic carbocycles. The van der Waals surface area contributed by atoms with E-state index in [0.29, 0.717) is 6.42 Å².